The van der Waals surface area contributed by atoms with E-state index in [0.29, 0.717) is 6.54 Å². The van der Waals surface area contributed by atoms with E-state index >= 15 is 0 Å². The molecule has 9 atom stereocenters. The summed E-state index contributed by atoms with van der Waals surface area (Å²) in [6.07, 6.45) is -3.64. The number of rotatable bonds is 4. The van der Waals surface area contributed by atoms with Crippen LogP contribution in [0.15, 0.2) is 0 Å². The molecule has 5 fully saturated rings. The molecule has 0 aromatic carbocycles. The number of carbonyl (C=O) groups excluding carboxylic acids is 1. The highest BCUT2D eigenvalue weighted by molar-refractivity contribution is 5.77. The first-order valence-electron chi connectivity index (χ1n) is 11.9. The summed E-state index contributed by atoms with van der Waals surface area (Å²) in [5, 5.41) is 0. The molecule has 34 heavy (non-hydrogen) atoms. The maximum Gasteiger partial charge on any atom is 0.326 e. The summed E-state index contributed by atoms with van der Waals surface area (Å²) in [6.45, 7) is 11.5. The monoisotopic (exact) mass is 487 g/mol. The van der Waals surface area contributed by atoms with Gasteiger partial charge >= 0.3 is 5.97 Å². The lowest BCUT2D eigenvalue weighted by atomic mass is 9.94. The van der Waals surface area contributed by atoms with Crippen molar-refractivity contribution < 1.29 is 47.4 Å². The standard InChI is InChI=1S/C23H37NO10/c1-21(2)29-14-11(26-8)9-24(7)13(16(14)31-21)19(25)27-10-12-15-17(32-22(3,4)30-15)18-20(28-12)34-23(5,6)33-18/h11-18,20H,9-10H2,1-8H3/t11-,12-,13-,14-,15+,16+,17+,18-,20-/m1/s1. The lowest BCUT2D eigenvalue weighted by molar-refractivity contribution is -0.243. The van der Waals surface area contributed by atoms with Gasteiger partial charge in [0.25, 0.3) is 0 Å². The number of nitrogens with zero attached hydrogens (tertiary/aromatic N) is 1. The minimum absolute atomic E-state index is 0.0217. The number of hydrogen-bond acceptors (Lipinski definition) is 11. The van der Waals surface area contributed by atoms with Crippen molar-refractivity contribution in [2.75, 3.05) is 27.3 Å². The van der Waals surface area contributed by atoms with Crippen molar-refractivity contribution in [1.29, 1.82) is 0 Å². The molecule has 5 saturated heterocycles. The molecule has 11 heteroatoms. The highest BCUT2D eigenvalue weighted by Gasteiger charge is 2.61. The molecule has 11 nitrogen and oxygen atoms in total. The summed E-state index contributed by atoms with van der Waals surface area (Å²) in [7, 11) is 3.48. The molecular weight excluding hydrogens is 450 g/mol. The molecule has 0 spiro atoms. The maximum absolute atomic E-state index is 13.3. The van der Waals surface area contributed by atoms with Crippen LogP contribution in [0.1, 0.15) is 41.5 Å². The molecule has 0 amide bonds. The normalized spacial score (nSPS) is 46.5. The van der Waals surface area contributed by atoms with Crippen molar-refractivity contribution in [2.45, 2.75) is 114 Å². The number of carbonyl (C=O) groups is 1. The minimum Gasteiger partial charge on any atom is -0.462 e. The summed E-state index contributed by atoms with van der Waals surface area (Å²) < 4.78 is 53.9. The van der Waals surface area contributed by atoms with Crippen LogP contribution in [-0.4, -0.2) is 111 Å². The topological polar surface area (TPSA) is 103 Å². The molecule has 5 aliphatic rings. The lowest BCUT2D eigenvalue weighted by Crippen LogP contribution is -2.62. The molecule has 5 heterocycles. The first-order chi connectivity index (χ1) is 15.8. The van der Waals surface area contributed by atoms with Crippen LogP contribution in [0.25, 0.3) is 0 Å². The number of likely N-dealkylation sites (tertiary alicyclic amines) is 1. The zero-order valence-electron chi connectivity index (χ0n) is 21.1. The second-order valence-corrected chi connectivity index (χ2v) is 11.1. The average Bonchev–Trinajstić information content (AvgIpc) is 3.32. The molecule has 0 aliphatic carbocycles. The van der Waals surface area contributed by atoms with Gasteiger partial charge in [-0.2, -0.15) is 0 Å². The first kappa shape index (κ1) is 24.8. The van der Waals surface area contributed by atoms with Crippen LogP contribution in [0, 0.1) is 0 Å². The molecular formula is C23H37NO10. The van der Waals surface area contributed by atoms with E-state index in [9.17, 15) is 4.79 Å². The SMILES string of the molecule is CO[C@@H]1CN(C)[C@@H](C(=O)OC[C@H]2O[C@@H]3OC(C)(C)O[C@@H]3[C@H]3OC(C)(C)O[C@H]32)[C@@H]2OC(C)(C)O[C@@H]21. The third-order valence-electron chi connectivity index (χ3n) is 6.97. The molecule has 0 unspecified atom stereocenters. The van der Waals surface area contributed by atoms with E-state index in [1.54, 1.807) is 7.11 Å². The van der Waals surface area contributed by atoms with Gasteiger partial charge < -0.3 is 42.6 Å². The van der Waals surface area contributed by atoms with Gasteiger partial charge in [0.1, 0.15) is 49.3 Å². The Kier molecular flexibility index (Phi) is 6.07. The van der Waals surface area contributed by atoms with Gasteiger partial charge in [-0.25, -0.2) is 0 Å². The summed E-state index contributed by atoms with van der Waals surface area (Å²) in [5.41, 5.74) is 0. The second-order valence-electron chi connectivity index (χ2n) is 11.1. The number of piperidine rings is 1. The van der Waals surface area contributed by atoms with Crippen molar-refractivity contribution in [1.82, 2.24) is 4.90 Å². The number of methoxy groups -OCH3 is 1. The summed E-state index contributed by atoms with van der Waals surface area (Å²) in [5.74, 6) is -2.87. The summed E-state index contributed by atoms with van der Waals surface area (Å²) in [6, 6.07) is -0.646. The third-order valence-corrected chi connectivity index (χ3v) is 6.97. The number of likely N-dealkylation sites (N-methyl/N-ethyl adjacent to an activating group) is 1. The zero-order chi connectivity index (χ0) is 24.6. The van der Waals surface area contributed by atoms with E-state index in [0.717, 1.165) is 0 Å². The van der Waals surface area contributed by atoms with Gasteiger partial charge in [-0.1, -0.05) is 0 Å². The highest BCUT2D eigenvalue weighted by Crippen LogP contribution is 2.44. The maximum atomic E-state index is 13.3. The van der Waals surface area contributed by atoms with Crippen molar-refractivity contribution in [3.8, 4) is 0 Å². The van der Waals surface area contributed by atoms with Crippen molar-refractivity contribution in [2.24, 2.45) is 0 Å². The zero-order valence-corrected chi connectivity index (χ0v) is 21.1. The van der Waals surface area contributed by atoms with Gasteiger partial charge in [0.15, 0.2) is 23.7 Å². The van der Waals surface area contributed by atoms with Crippen LogP contribution in [-0.2, 0) is 47.4 Å². The van der Waals surface area contributed by atoms with E-state index in [4.69, 9.17) is 42.6 Å². The van der Waals surface area contributed by atoms with Gasteiger partial charge in [0.05, 0.1) is 6.10 Å². The fourth-order valence-electron chi connectivity index (χ4n) is 5.70. The molecule has 194 valence electrons. The van der Waals surface area contributed by atoms with Crippen LogP contribution in [0.3, 0.4) is 0 Å². The Bertz CT molecular complexity index is 803. The molecule has 0 aromatic heterocycles. The molecule has 0 saturated carbocycles. The highest BCUT2D eigenvalue weighted by atomic mass is 16.9. The molecule has 0 radical (unpaired) electrons. The molecule has 0 bridgehead atoms. The van der Waals surface area contributed by atoms with Crippen LogP contribution in [0.5, 0.6) is 0 Å². The molecule has 0 aromatic rings. The van der Waals surface area contributed by atoms with E-state index < -0.39 is 66.2 Å². The number of esters is 1. The van der Waals surface area contributed by atoms with Gasteiger partial charge in [-0.05, 0) is 48.6 Å². The Balaban J connectivity index is 1.29. The number of hydrogen-bond donors (Lipinski definition) is 0. The Morgan fingerprint density at radius 1 is 0.824 bits per heavy atom. The van der Waals surface area contributed by atoms with Gasteiger partial charge in [0.2, 0.25) is 0 Å². The smallest absolute Gasteiger partial charge is 0.326 e. The third kappa shape index (κ3) is 4.39. The van der Waals surface area contributed by atoms with Gasteiger partial charge in [-0.3, -0.25) is 9.69 Å². The first-order valence-corrected chi connectivity index (χ1v) is 11.9. The van der Waals surface area contributed by atoms with Crippen molar-refractivity contribution in [3.63, 3.8) is 0 Å². The van der Waals surface area contributed by atoms with Crippen LogP contribution in [0.4, 0.5) is 0 Å². The van der Waals surface area contributed by atoms with Crippen LogP contribution >= 0.6 is 0 Å². The Labute approximate surface area is 200 Å². The Hall–Kier alpha value is -0.890. The second kappa shape index (κ2) is 8.32. The van der Waals surface area contributed by atoms with Gasteiger partial charge in [-0.15, -0.1) is 0 Å². The summed E-state index contributed by atoms with van der Waals surface area (Å²) in [4.78, 5) is 15.2. The fraction of sp³-hybridized carbons (Fsp3) is 0.957. The number of ether oxygens (including phenoxy) is 9. The average molecular weight is 488 g/mol. The lowest BCUT2D eigenvalue weighted by Gasteiger charge is -2.41. The van der Waals surface area contributed by atoms with E-state index in [1.165, 1.54) is 0 Å². The molecule has 5 rings (SSSR count). The minimum atomic E-state index is -0.822. The molecule has 5 aliphatic heterocycles. The quantitative estimate of drug-likeness (QED) is 0.526. The number of fused-ring (bicyclic) bond motifs is 4. The van der Waals surface area contributed by atoms with Crippen molar-refractivity contribution in [3.05, 3.63) is 0 Å². The van der Waals surface area contributed by atoms with E-state index in [-0.39, 0.29) is 18.8 Å². The Morgan fingerprint density at radius 2 is 1.38 bits per heavy atom. The van der Waals surface area contributed by atoms with Gasteiger partial charge in [0, 0.05) is 13.7 Å². The van der Waals surface area contributed by atoms with Crippen LogP contribution < -0.4 is 0 Å². The van der Waals surface area contributed by atoms with E-state index in [1.807, 2.05) is 53.5 Å². The predicted molar refractivity (Wildman–Crippen MR) is 115 cm³/mol. The predicted octanol–water partition coefficient (Wildman–Crippen LogP) is 0.775. The fourth-order valence-corrected chi connectivity index (χ4v) is 5.70. The van der Waals surface area contributed by atoms with Crippen molar-refractivity contribution >= 4 is 5.97 Å². The largest absolute Gasteiger partial charge is 0.462 e. The Morgan fingerprint density at radius 3 is 2.06 bits per heavy atom. The van der Waals surface area contributed by atoms with Crippen LogP contribution in [0.2, 0.25) is 0 Å². The van der Waals surface area contributed by atoms with E-state index in [2.05, 4.69) is 0 Å². The summed E-state index contributed by atoms with van der Waals surface area (Å²) >= 11 is 0. The molecule has 0 N–H and O–H groups in total.